The fourth-order valence-electron chi connectivity index (χ4n) is 4.47. The molecular formula is C19H25NO4. The van der Waals surface area contributed by atoms with E-state index < -0.39 is 11.0 Å². The van der Waals surface area contributed by atoms with Crippen LogP contribution in [0.5, 0.6) is 11.5 Å². The van der Waals surface area contributed by atoms with E-state index in [4.69, 9.17) is 0 Å². The van der Waals surface area contributed by atoms with Crippen LogP contribution in [0.4, 0.5) is 0 Å². The number of fused-ring (bicyclic) bond motifs is 1. The minimum absolute atomic E-state index is 0.0683. The van der Waals surface area contributed by atoms with E-state index in [1.807, 2.05) is 20.9 Å². The molecule has 1 aromatic rings. The van der Waals surface area contributed by atoms with Gasteiger partial charge in [-0.3, -0.25) is 4.79 Å². The van der Waals surface area contributed by atoms with Gasteiger partial charge in [-0.1, -0.05) is 13.0 Å². The van der Waals surface area contributed by atoms with Gasteiger partial charge in [0.05, 0.1) is 0 Å². The van der Waals surface area contributed by atoms with Gasteiger partial charge in [0.2, 0.25) is 0 Å². The Kier molecular flexibility index (Phi) is 3.97. The molecule has 0 saturated carbocycles. The van der Waals surface area contributed by atoms with Gasteiger partial charge in [-0.25, -0.2) is 0 Å². The third-order valence-corrected chi connectivity index (χ3v) is 6.06. The van der Waals surface area contributed by atoms with Gasteiger partial charge < -0.3 is 20.2 Å². The molecule has 0 amide bonds. The third kappa shape index (κ3) is 2.11. The summed E-state index contributed by atoms with van der Waals surface area (Å²) >= 11 is 0. The molecule has 0 aromatic heterocycles. The number of likely N-dealkylation sites (tertiary alicyclic amines) is 1. The van der Waals surface area contributed by atoms with Crippen molar-refractivity contribution >= 4 is 5.78 Å². The molecule has 0 radical (unpaired) electrons. The Hall–Kier alpha value is -1.85. The first-order chi connectivity index (χ1) is 11.3. The Bertz CT molecular complexity index is 714. The summed E-state index contributed by atoms with van der Waals surface area (Å²) in [5, 5.41) is 32.3. The van der Waals surface area contributed by atoms with Crippen molar-refractivity contribution in [2.24, 2.45) is 0 Å². The van der Waals surface area contributed by atoms with Crippen molar-refractivity contribution in [1.82, 2.24) is 4.90 Å². The normalized spacial score (nSPS) is 33.5. The summed E-state index contributed by atoms with van der Waals surface area (Å²) in [4.78, 5) is 14.3. The maximum absolute atomic E-state index is 12.3. The number of benzene rings is 1. The fraction of sp³-hybridized carbons (Fsp3) is 0.526. The summed E-state index contributed by atoms with van der Waals surface area (Å²) in [7, 11) is 1.94. The fourth-order valence-corrected chi connectivity index (χ4v) is 4.47. The zero-order chi connectivity index (χ0) is 17.7. The minimum Gasteiger partial charge on any atom is -0.504 e. The number of aromatic hydroxyl groups is 2. The van der Waals surface area contributed by atoms with Crippen LogP contribution in [-0.2, 0) is 16.6 Å². The van der Waals surface area contributed by atoms with Crippen LogP contribution < -0.4 is 0 Å². The van der Waals surface area contributed by atoms with Crippen LogP contribution in [0.15, 0.2) is 24.3 Å². The molecule has 1 heterocycles. The lowest BCUT2D eigenvalue weighted by atomic mass is 9.55. The van der Waals surface area contributed by atoms with Gasteiger partial charge in [-0.15, -0.1) is 0 Å². The number of hydrogen-bond donors (Lipinski definition) is 3. The molecule has 1 fully saturated rings. The summed E-state index contributed by atoms with van der Waals surface area (Å²) in [6.07, 6.45) is 4.33. The molecular weight excluding hydrogens is 306 g/mol. The number of ketones is 1. The highest BCUT2D eigenvalue weighted by Gasteiger charge is 2.60. The molecule has 130 valence electrons. The molecule has 0 bridgehead atoms. The second-order valence-electron chi connectivity index (χ2n) is 7.11. The van der Waals surface area contributed by atoms with Crippen LogP contribution >= 0.6 is 0 Å². The zero-order valence-electron chi connectivity index (χ0n) is 14.4. The highest BCUT2D eigenvalue weighted by Crippen LogP contribution is 2.55. The van der Waals surface area contributed by atoms with E-state index >= 15 is 0 Å². The van der Waals surface area contributed by atoms with Gasteiger partial charge in [0.1, 0.15) is 5.60 Å². The van der Waals surface area contributed by atoms with E-state index in [0.717, 1.165) is 5.56 Å². The third-order valence-electron chi connectivity index (χ3n) is 6.06. The molecule has 3 rings (SSSR count). The number of carbonyl (C=O) groups is 1. The maximum atomic E-state index is 12.3. The van der Waals surface area contributed by atoms with Gasteiger partial charge in [0.15, 0.2) is 17.3 Å². The number of aryl methyl sites for hydroxylation is 1. The molecule has 2 aliphatic rings. The van der Waals surface area contributed by atoms with E-state index in [-0.39, 0.29) is 29.7 Å². The molecule has 1 aliphatic carbocycles. The first-order valence-corrected chi connectivity index (χ1v) is 8.46. The Morgan fingerprint density at radius 1 is 1.33 bits per heavy atom. The molecule has 1 aliphatic heterocycles. The molecule has 24 heavy (non-hydrogen) atoms. The van der Waals surface area contributed by atoms with E-state index in [2.05, 4.69) is 4.90 Å². The second-order valence-corrected chi connectivity index (χ2v) is 7.11. The van der Waals surface area contributed by atoms with Gasteiger partial charge >= 0.3 is 0 Å². The minimum atomic E-state index is -1.29. The van der Waals surface area contributed by atoms with Crippen molar-refractivity contribution in [3.63, 3.8) is 0 Å². The number of piperidine rings is 1. The Morgan fingerprint density at radius 2 is 2.04 bits per heavy atom. The largest absolute Gasteiger partial charge is 0.504 e. The van der Waals surface area contributed by atoms with Crippen LogP contribution in [0.3, 0.4) is 0 Å². The van der Waals surface area contributed by atoms with Crippen molar-refractivity contribution in [1.29, 1.82) is 0 Å². The monoisotopic (exact) mass is 331 g/mol. The standard InChI is InChI=1S/C19H25NO4/c1-4-13-5-6-15(22)17(23)16(13)18-9-10-20(3)12(2)19(18,24)8-7-14(21)11-18/h5-8,12,22-24H,4,9-11H2,1-3H3. The van der Waals surface area contributed by atoms with Crippen molar-refractivity contribution in [3.05, 3.63) is 35.4 Å². The molecule has 0 spiro atoms. The van der Waals surface area contributed by atoms with Crippen LogP contribution in [0.2, 0.25) is 0 Å². The van der Waals surface area contributed by atoms with Crippen LogP contribution in [0.25, 0.3) is 0 Å². The number of phenolic OH excluding ortho intramolecular Hbond substituents is 2. The SMILES string of the molecule is CCc1ccc(O)c(O)c1C12CCN(C)C(C)C1(O)C=CC(=O)C2. The lowest BCUT2D eigenvalue weighted by Crippen LogP contribution is -2.67. The number of carbonyl (C=O) groups excluding carboxylic acids is 1. The topological polar surface area (TPSA) is 81.0 Å². The smallest absolute Gasteiger partial charge is 0.161 e. The lowest BCUT2D eigenvalue weighted by molar-refractivity contribution is -0.130. The predicted octanol–water partition coefficient (Wildman–Crippen LogP) is 1.88. The summed E-state index contributed by atoms with van der Waals surface area (Å²) in [5.74, 6) is -0.499. The molecule has 3 N–H and O–H groups in total. The Labute approximate surface area is 142 Å². The predicted molar refractivity (Wildman–Crippen MR) is 91.3 cm³/mol. The maximum Gasteiger partial charge on any atom is 0.161 e. The van der Waals surface area contributed by atoms with Crippen LogP contribution in [-0.4, -0.2) is 51.2 Å². The summed E-state index contributed by atoms with van der Waals surface area (Å²) in [6.45, 7) is 4.59. The summed E-state index contributed by atoms with van der Waals surface area (Å²) in [6, 6.07) is 3.01. The van der Waals surface area contributed by atoms with E-state index in [1.54, 1.807) is 12.1 Å². The number of phenols is 2. The van der Waals surface area contributed by atoms with E-state index in [1.165, 1.54) is 12.1 Å². The quantitative estimate of drug-likeness (QED) is 0.721. The second kappa shape index (κ2) is 5.60. The molecule has 1 aromatic carbocycles. The van der Waals surface area contributed by atoms with Gasteiger partial charge in [-0.2, -0.15) is 0 Å². The highest BCUT2D eigenvalue weighted by atomic mass is 16.3. The molecule has 3 unspecified atom stereocenters. The lowest BCUT2D eigenvalue weighted by Gasteiger charge is -2.57. The number of allylic oxidation sites excluding steroid dienone is 1. The van der Waals surface area contributed by atoms with Crippen molar-refractivity contribution in [2.45, 2.75) is 50.2 Å². The Balaban J connectivity index is 2.33. The Morgan fingerprint density at radius 3 is 2.71 bits per heavy atom. The number of nitrogens with zero attached hydrogens (tertiary/aromatic N) is 1. The number of likely N-dealkylation sites (N-methyl/N-ethyl adjacent to an activating group) is 1. The molecule has 1 saturated heterocycles. The van der Waals surface area contributed by atoms with Gasteiger partial charge in [0, 0.05) is 23.4 Å². The van der Waals surface area contributed by atoms with Crippen molar-refractivity contribution < 1.29 is 20.1 Å². The highest BCUT2D eigenvalue weighted by molar-refractivity contribution is 5.93. The number of hydrogen-bond acceptors (Lipinski definition) is 5. The zero-order valence-corrected chi connectivity index (χ0v) is 14.4. The molecule has 5 nitrogen and oxygen atoms in total. The van der Waals surface area contributed by atoms with Crippen molar-refractivity contribution in [2.75, 3.05) is 13.6 Å². The van der Waals surface area contributed by atoms with Gasteiger partial charge in [-0.05, 0) is 57.1 Å². The average Bonchev–Trinajstić information content (AvgIpc) is 2.56. The van der Waals surface area contributed by atoms with E-state index in [9.17, 15) is 20.1 Å². The number of aliphatic hydroxyl groups is 1. The van der Waals surface area contributed by atoms with Crippen LogP contribution in [0.1, 0.15) is 37.8 Å². The van der Waals surface area contributed by atoms with Gasteiger partial charge in [0.25, 0.3) is 0 Å². The van der Waals surface area contributed by atoms with Crippen molar-refractivity contribution in [3.8, 4) is 11.5 Å². The van der Waals surface area contributed by atoms with E-state index in [0.29, 0.717) is 24.9 Å². The first kappa shape index (κ1) is 17.0. The molecule has 3 atom stereocenters. The summed E-state index contributed by atoms with van der Waals surface area (Å²) in [5.41, 5.74) is -0.851. The number of rotatable bonds is 2. The van der Waals surface area contributed by atoms with Crippen LogP contribution in [0, 0.1) is 0 Å². The first-order valence-electron chi connectivity index (χ1n) is 8.46. The molecule has 5 heteroatoms. The summed E-state index contributed by atoms with van der Waals surface area (Å²) < 4.78 is 0. The average molecular weight is 331 g/mol.